The molecule has 2 aliphatic carbocycles. The normalized spacial score (nSPS) is 22.2. The van der Waals surface area contributed by atoms with E-state index in [0.717, 1.165) is 49.5 Å². The zero-order valence-electron chi connectivity index (χ0n) is 18.7. The van der Waals surface area contributed by atoms with Crippen molar-refractivity contribution in [1.29, 1.82) is 0 Å². The van der Waals surface area contributed by atoms with Gasteiger partial charge in [-0.05, 0) is 99.8 Å². The SMILES string of the molecule is O=c1[nH]c2c(c3c1CCCC3)Cc1c(CN3CCC(N4CCCCC4)CC3)cccc1-2. The molecule has 3 heterocycles. The van der Waals surface area contributed by atoms with Crippen LogP contribution in [0.1, 0.15) is 72.8 Å². The number of nitrogens with zero attached hydrogens (tertiary/aromatic N) is 2. The maximum atomic E-state index is 12.7. The van der Waals surface area contributed by atoms with Gasteiger partial charge >= 0.3 is 0 Å². The van der Waals surface area contributed by atoms with Gasteiger partial charge in [0.2, 0.25) is 0 Å². The number of nitrogens with one attached hydrogen (secondary N) is 1. The Bertz CT molecular complexity index is 1030. The van der Waals surface area contributed by atoms with Crippen molar-refractivity contribution < 1.29 is 0 Å². The van der Waals surface area contributed by atoms with Crippen LogP contribution in [0.2, 0.25) is 0 Å². The first kappa shape index (κ1) is 19.8. The van der Waals surface area contributed by atoms with E-state index in [-0.39, 0.29) is 5.56 Å². The van der Waals surface area contributed by atoms with E-state index in [0.29, 0.717) is 0 Å². The first-order chi connectivity index (χ1) is 15.3. The van der Waals surface area contributed by atoms with Crippen molar-refractivity contribution in [2.24, 2.45) is 0 Å². The molecule has 1 aromatic heterocycles. The maximum absolute atomic E-state index is 12.7. The molecule has 0 amide bonds. The van der Waals surface area contributed by atoms with Crippen molar-refractivity contribution in [3.05, 3.63) is 56.4 Å². The highest BCUT2D eigenvalue weighted by Crippen LogP contribution is 2.40. The van der Waals surface area contributed by atoms with Gasteiger partial charge in [-0.25, -0.2) is 0 Å². The standard InChI is InChI=1S/C27H35N3O/c31-27-23-9-3-2-8-21(23)25-17-24-19(7-6-10-22(24)26(25)28-27)18-29-15-11-20(12-16-29)30-13-4-1-5-14-30/h6-7,10,20H,1-5,8-9,11-18H2,(H,28,31). The number of piperidine rings is 2. The summed E-state index contributed by atoms with van der Waals surface area (Å²) in [6, 6.07) is 7.55. The summed E-state index contributed by atoms with van der Waals surface area (Å²) in [5.74, 6) is 0. The first-order valence-corrected chi connectivity index (χ1v) is 12.6. The molecule has 0 saturated carbocycles. The number of pyridine rings is 1. The lowest BCUT2D eigenvalue weighted by Gasteiger charge is -2.40. The lowest BCUT2D eigenvalue weighted by Crippen LogP contribution is -2.46. The summed E-state index contributed by atoms with van der Waals surface area (Å²) >= 11 is 0. The van der Waals surface area contributed by atoms with Crippen molar-refractivity contribution in [3.63, 3.8) is 0 Å². The highest BCUT2D eigenvalue weighted by molar-refractivity contribution is 5.76. The monoisotopic (exact) mass is 417 g/mol. The van der Waals surface area contributed by atoms with Gasteiger partial charge in [0.1, 0.15) is 0 Å². The van der Waals surface area contributed by atoms with Crippen LogP contribution < -0.4 is 5.56 Å². The summed E-state index contributed by atoms with van der Waals surface area (Å²) < 4.78 is 0. The third kappa shape index (κ3) is 3.58. The molecule has 1 N–H and O–H groups in total. The summed E-state index contributed by atoms with van der Waals surface area (Å²) in [4.78, 5) is 21.4. The summed E-state index contributed by atoms with van der Waals surface area (Å²) in [5.41, 5.74) is 9.34. The number of benzene rings is 1. The predicted molar refractivity (Wildman–Crippen MR) is 126 cm³/mol. The topological polar surface area (TPSA) is 39.3 Å². The van der Waals surface area contributed by atoms with Crippen LogP contribution >= 0.6 is 0 Å². The fourth-order valence-corrected chi connectivity index (χ4v) is 6.70. The molecule has 0 spiro atoms. The van der Waals surface area contributed by atoms with Gasteiger partial charge in [0.25, 0.3) is 5.56 Å². The second kappa shape index (κ2) is 8.22. The summed E-state index contributed by atoms with van der Waals surface area (Å²) in [5, 5.41) is 0. The van der Waals surface area contributed by atoms with E-state index >= 15 is 0 Å². The number of H-pyrrole nitrogens is 1. The minimum absolute atomic E-state index is 0.159. The Hall–Kier alpha value is -1.91. The fourth-order valence-electron chi connectivity index (χ4n) is 6.70. The van der Waals surface area contributed by atoms with E-state index in [2.05, 4.69) is 33.0 Å². The third-order valence-electron chi connectivity index (χ3n) is 8.40. The van der Waals surface area contributed by atoms with Gasteiger partial charge in [-0.1, -0.05) is 24.6 Å². The molecule has 0 bridgehead atoms. The molecule has 2 aromatic rings. The molecule has 2 aliphatic heterocycles. The third-order valence-corrected chi connectivity index (χ3v) is 8.40. The van der Waals surface area contributed by atoms with Gasteiger partial charge < -0.3 is 9.88 Å². The zero-order valence-corrected chi connectivity index (χ0v) is 18.7. The first-order valence-electron chi connectivity index (χ1n) is 12.6. The van der Waals surface area contributed by atoms with E-state index in [1.54, 1.807) is 0 Å². The highest BCUT2D eigenvalue weighted by atomic mass is 16.1. The number of aromatic amines is 1. The molecule has 0 radical (unpaired) electrons. The molecule has 0 unspecified atom stereocenters. The van der Waals surface area contributed by atoms with Crippen molar-refractivity contribution in [2.75, 3.05) is 26.2 Å². The van der Waals surface area contributed by atoms with Gasteiger partial charge in [-0.15, -0.1) is 0 Å². The van der Waals surface area contributed by atoms with Crippen molar-refractivity contribution in [2.45, 2.75) is 76.8 Å². The van der Waals surface area contributed by atoms with Crippen LogP contribution in [0.5, 0.6) is 0 Å². The van der Waals surface area contributed by atoms with Crippen molar-refractivity contribution >= 4 is 0 Å². The Kier molecular flexibility index (Phi) is 5.23. The number of hydrogen-bond donors (Lipinski definition) is 1. The number of fused-ring (bicyclic) bond motifs is 5. The lowest BCUT2D eigenvalue weighted by molar-refractivity contribution is 0.0896. The van der Waals surface area contributed by atoms with Crippen LogP contribution in [0, 0.1) is 0 Å². The molecule has 31 heavy (non-hydrogen) atoms. The van der Waals surface area contributed by atoms with E-state index in [1.807, 2.05) is 0 Å². The Morgan fingerprint density at radius 2 is 1.61 bits per heavy atom. The van der Waals surface area contributed by atoms with Crippen LogP contribution in [0.25, 0.3) is 11.3 Å². The van der Waals surface area contributed by atoms with Crippen molar-refractivity contribution in [3.8, 4) is 11.3 Å². The van der Waals surface area contributed by atoms with Crippen LogP contribution in [0.4, 0.5) is 0 Å². The van der Waals surface area contributed by atoms with E-state index in [4.69, 9.17) is 0 Å². The minimum Gasteiger partial charge on any atom is -0.321 e. The van der Waals surface area contributed by atoms with E-state index in [1.165, 1.54) is 92.5 Å². The Labute approximate surface area is 185 Å². The molecular weight excluding hydrogens is 382 g/mol. The molecule has 2 saturated heterocycles. The van der Waals surface area contributed by atoms with Crippen LogP contribution in [0.15, 0.2) is 23.0 Å². The second-order valence-electron chi connectivity index (χ2n) is 10.2. The number of rotatable bonds is 3. The van der Waals surface area contributed by atoms with Gasteiger partial charge in [0.15, 0.2) is 0 Å². The summed E-state index contributed by atoms with van der Waals surface area (Å²) in [6.07, 6.45) is 12.2. The molecular formula is C27H35N3O. The van der Waals surface area contributed by atoms with Crippen LogP contribution in [-0.4, -0.2) is 47.0 Å². The van der Waals surface area contributed by atoms with E-state index in [9.17, 15) is 4.79 Å². The van der Waals surface area contributed by atoms with Gasteiger partial charge in [0.05, 0.1) is 5.69 Å². The van der Waals surface area contributed by atoms with Gasteiger partial charge in [0, 0.05) is 30.1 Å². The Balaban J connectivity index is 1.20. The molecule has 4 aliphatic rings. The Morgan fingerprint density at radius 1 is 0.839 bits per heavy atom. The number of aromatic nitrogens is 1. The Morgan fingerprint density at radius 3 is 2.42 bits per heavy atom. The average molecular weight is 418 g/mol. The molecule has 6 rings (SSSR count). The summed E-state index contributed by atoms with van der Waals surface area (Å²) in [6.45, 7) is 6.11. The molecule has 164 valence electrons. The van der Waals surface area contributed by atoms with Crippen LogP contribution in [0.3, 0.4) is 0 Å². The van der Waals surface area contributed by atoms with Gasteiger partial charge in [-0.2, -0.15) is 0 Å². The van der Waals surface area contributed by atoms with Crippen LogP contribution in [-0.2, 0) is 25.8 Å². The largest absolute Gasteiger partial charge is 0.321 e. The highest BCUT2D eigenvalue weighted by Gasteiger charge is 2.30. The van der Waals surface area contributed by atoms with Crippen molar-refractivity contribution in [1.82, 2.24) is 14.8 Å². The minimum atomic E-state index is 0.159. The quantitative estimate of drug-likeness (QED) is 0.692. The second-order valence-corrected chi connectivity index (χ2v) is 10.2. The van der Waals surface area contributed by atoms with E-state index < -0.39 is 0 Å². The zero-order chi connectivity index (χ0) is 20.8. The lowest BCUT2D eigenvalue weighted by atomic mass is 9.88. The van der Waals surface area contributed by atoms with Gasteiger partial charge in [-0.3, -0.25) is 9.69 Å². The molecule has 4 nitrogen and oxygen atoms in total. The maximum Gasteiger partial charge on any atom is 0.251 e. The smallest absolute Gasteiger partial charge is 0.251 e. The molecule has 1 aromatic carbocycles. The molecule has 0 atom stereocenters. The fraction of sp³-hybridized carbons (Fsp3) is 0.593. The average Bonchev–Trinajstić information content (AvgIpc) is 3.20. The molecule has 2 fully saturated rings. The molecule has 4 heteroatoms. The number of hydrogen-bond acceptors (Lipinski definition) is 3. The summed E-state index contributed by atoms with van der Waals surface area (Å²) in [7, 11) is 0. The predicted octanol–water partition coefficient (Wildman–Crippen LogP) is 4.28. The number of likely N-dealkylation sites (tertiary alicyclic amines) is 2.